The van der Waals surface area contributed by atoms with Gasteiger partial charge in [0.25, 0.3) is 0 Å². The molecule has 2 aliphatic carbocycles. The van der Waals surface area contributed by atoms with Gasteiger partial charge in [-0.2, -0.15) is 0 Å². The quantitative estimate of drug-likeness (QED) is 0.846. The van der Waals surface area contributed by atoms with Gasteiger partial charge in [-0.15, -0.1) is 0 Å². The SMILES string of the molecule is CC(=O)N1CC(CC2CC2)CC(NC2CCCC2)C1. The first-order valence-corrected chi connectivity index (χ1v) is 8.22. The second-order valence-electron chi connectivity index (χ2n) is 7.05. The van der Waals surface area contributed by atoms with E-state index in [1.165, 1.54) is 51.4 Å². The van der Waals surface area contributed by atoms with Crippen LogP contribution < -0.4 is 5.32 Å². The molecule has 0 spiro atoms. The highest BCUT2D eigenvalue weighted by atomic mass is 16.2. The lowest BCUT2D eigenvalue weighted by molar-refractivity contribution is -0.131. The molecule has 19 heavy (non-hydrogen) atoms. The third-order valence-electron chi connectivity index (χ3n) is 5.17. The molecule has 0 radical (unpaired) electrons. The number of hydrogen-bond donors (Lipinski definition) is 1. The molecule has 1 saturated heterocycles. The van der Waals surface area contributed by atoms with Crippen LogP contribution in [0.2, 0.25) is 0 Å². The monoisotopic (exact) mass is 264 g/mol. The first-order valence-electron chi connectivity index (χ1n) is 8.22. The smallest absolute Gasteiger partial charge is 0.219 e. The summed E-state index contributed by atoms with van der Waals surface area (Å²) in [5.41, 5.74) is 0. The Morgan fingerprint density at radius 2 is 1.79 bits per heavy atom. The fraction of sp³-hybridized carbons (Fsp3) is 0.938. The summed E-state index contributed by atoms with van der Waals surface area (Å²) in [7, 11) is 0. The van der Waals surface area contributed by atoms with Crippen LogP contribution in [-0.2, 0) is 4.79 Å². The summed E-state index contributed by atoms with van der Waals surface area (Å²) in [6.07, 6.45) is 10.9. The average molecular weight is 264 g/mol. The Labute approximate surface area is 117 Å². The fourth-order valence-corrected chi connectivity index (χ4v) is 4.00. The Morgan fingerprint density at radius 3 is 2.42 bits per heavy atom. The summed E-state index contributed by atoms with van der Waals surface area (Å²) >= 11 is 0. The standard InChI is InChI=1S/C16H28N2O/c1-12(19)18-10-14(8-13-6-7-13)9-16(11-18)17-15-4-2-3-5-15/h13-17H,2-11H2,1H3. The molecule has 3 nitrogen and oxygen atoms in total. The predicted octanol–water partition coefficient (Wildman–Crippen LogP) is 2.56. The lowest BCUT2D eigenvalue weighted by Crippen LogP contribution is -2.52. The molecule has 1 heterocycles. The molecule has 3 rings (SSSR count). The molecule has 0 bridgehead atoms. The molecule has 0 aromatic carbocycles. The van der Waals surface area contributed by atoms with Gasteiger partial charge in [0.2, 0.25) is 5.91 Å². The van der Waals surface area contributed by atoms with E-state index in [1.807, 2.05) is 0 Å². The van der Waals surface area contributed by atoms with Crippen LogP contribution in [0.4, 0.5) is 0 Å². The van der Waals surface area contributed by atoms with Crippen molar-refractivity contribution in [3.05, 3.63) is 0 Å². The van der Waals surface area contributed by atoms with Gasteiger partial charge in [-0.3, -0.25) is 4.79 Å². The Morgan fingerprint density at radius 1 is 1.05 bits per heavy atom. The normalized spacial score (nSPS) is 32.8. The number of amides is 1. The Hall–Kier alpha value is -0.570. The van der Waals surface area contributed by atoms with E-state index in [0.29, 0.717) is 6.04 Å². The van der Waals surface area contributed by atoms with Gasteiger partial charge >= 0.3 is 0 Å². The minimum atomic E-state index is 0.263. The Kier molecular flexibility index (Phi) is 4.11. The second kappa shape index (κ2) is 5.82. The molecule has 3 aliphatic rings. The average Bonchev–Trinajstić information content (AvgIpc) is 3.03. The van der Waals surface area contributed by atoms with E-state index >= 15 is 0 Å². The highest BCUT2D eigenvalue weighted by molar-refractivity contribution is 5.73. The van der Waals surface area contributed by atoms with Crippen molar-refractivity contribution in [2.45, 2.75) is 70.4 Å². The maximum Gasteiger partial charge on any atom is 0.219 e. The van der Waals surface area contributed by atoms with Crippen molar-refractivity contribution in [3.63, 3.8) is 0 Å². The highest BCUT2D eigenvalue weighted by Gasteiger charge is 2.33. The fourth-order valence-electron chi connectivity index (χ4n) is 4.00. The number of carbonyl (C=O) groups excluding carboxylic acids is 1. The van der Waals surface area contributed by atoms with E-state index in [2.05, 4.69) is 10.2 Å². The van der Waals surface area contributed by atoms with Crippen LogP contribution in [0.25, 0.3) is 0 Å². The summed E-state index contributed by atoms with van der Waals surface area (Å²) < 4.78 is 0. The minimum Gasteiger partial charge on any atom is -0.341 e. The Bertz CT molecular complexity index is 321. The van der Waals surface area contributed by atoms with E-state index in [4.69, 9.17) is 0 Å². The van der Waals surface area contributed by atoms with E-state index < -0.39 is 0 Å². The van der Waals surface area contributed by atoms with Gasteiger partial charge < -0.3 is 10.2 Å². The molecule has 108 valence electrons. The number of nitrogens with one attached hydrogen (secondary N) is 1. The molecule has 1 aliphatic heterocycles. The summed E-state index contributed by atoms with van der Waals surface area (Å²) in [5.74, 6) is 1.98. The number of likely N-dealkylation sites (tertiary alicyclic amines) is 1. The molecule has 2 saturated carbocycles. The van der Waals surface area contributed by atoms with Crippen LogP contribution in [0, 0.1) is 11.8 Å². The molecule has 0 aromatic heterocycles. The number of rotatable bonds is 4. The van der Waals surface area contributed by atoms with Crippen LogP contribution in [0.15, 0.2) is 0 Å². The highest BCUT2D eigenvalue weighted by Crippen LogP contribution is 2.38. The summed E-state index contributed by atoms with van der Waals surface area (Å²) in [4.78, 5) is 13.8. The zero-order chi connectivity index (χ0) is 13.2. The van der Waals surface area contributed by atoms with Crippen LogP contribution in [-0.4, -0.2) is 36.0 Å². The Balaban J connectivity index is 1.56. The molecular formula is C16H28N2O. The van der Waals surface area contributed by atoms with Gasteiger partial charge in [-0.1, -0.05) is 25.7 Å². The van der Waals surface area contributed by atoms with Crippen molar-refractivity contribution >= 4 is 5.91 Å². The van der Waals surface area contributed by atoms with Gasteiger partial charge in [-0.25, -0.2) is 0 Å². The molecule has 3 heteroatoms. The molecular weight excluding hydrogens is 236 g/mol. The summed E-state index contributed by atoms with van der Waals surface area (Å²) in [6.45, 7) is 3.67. The van der Waals surface area contributed by atoms with Crippen LogP contribution in [0.3, 0.4) is 0 Å². The van der Waals surface area contributed by atoms with Crippen LogP contribution >= 0.6 is 0 Å². The van der Waals surface area contributed by atoms with Crippen molar-refractivity contribution in [1.82, 2.24) is 10.2 Å². The minimum absolute atomic E-state index is 0.263. The van der Waals surface area contributed by atoms with Crippen molar-refractivity contribution in [3.8, 4) is 0 Å². The van der Waals surface area contributed by atoms with Gasteiger partial charge in [0, 0.05) is 32.1 Å². The molecule has 0 aromatic rings. The van der Waals surface area contributed by atoms with E-state index in [1.54, 1.807) is 6.92 Å². The first kappa shape index (κ1) is 13.4. The van der Waals surface area contributed by atoms with Crippen molar-refractivity contribution in [1.29, 1.82) is 0 Å². The van der Waals surface area contributed by atoms with Crippen LogP contribution in [0.1, 0.15) is 58.3 Å². The van der Waals surface area contributed by atoms with E-state index in [0.717, 1.165) is 31.0 Å². The van der Waals surface area contributed by atoms with Gasteiger partial charge in [0.05, 0.1) is 0 Å². The van der Waals surface area contributed by atoms with Crippen molar-refractivity contribution in [2.24, 2.45) is 11.8 Å². The summed E-state index contributed by atoms with van der Waals surface area (Å²) in [5, 5.41) is 3.83. The van der Waals surface area contributed by atoms with Crippen LogP contribution in [0.5, 0.6) is 0 Å². The van der Waals surface area contributed by atoms with E-state index in [-0.39, 0.29) is 5.91 Å². The van der Waals surface area contributed by atoms with E-state index in [9.17, 15) is 4.79 Å². The largest absolute Gasteiger partial charge is 0.341 e. The molecule has 2 atom stereocenters. The molecule has 1 N–H and O–H groups in total. The number of hydrogen-bond acceptors (Lipinski definition) is 2. The third-order valence-corrected chi connectivity index (χ3v) is 5.17. The molecule has 2 unspecified atom stereocenters. The molecule has 3 fully saturated rings. The number of carbonyl (C=O) groups is 1. The summed E-state index contributed by atoms with van der Waals surface area (Å²) in [6, 6.07) is 1.27. The topological polar surface area (TPSA) is 32.3 Å². The lowest BCUT2D eigenvalue weighted by Gasteiger charge is -2.39. The maximum atomic E-state index is 11.7. The van der Waals surface area contributed by atoms with Gasteiger partial charge in [0.15, 0.2) is 0 Å². The maximum absolute atomic E-state index is 11.7. The van der Waals surface area contributed by atoms with Crippen molar-refractivity contribution in [2.75, 3.05) is 13.1 Å². The zero-order valence-electron chi connectivity index (χ0n) is 12.2. The predicted molar refractivity (Wildman–Crippen MR) is 76.9 cm³/mol. The van der Waals surface area contributed by atoms with Gasteiger partial charge in [-0.05, 0) is 37.5 Å². The molecule has 1 amide bonds. The van der Waals surface area contributed by atoms with Gasteiger partial charge in [0.1, 0.15) is 0 Å². The zero-order valence-corrected chi connectivity index (χ0v) is 12.2. The first-order chi connectivity index (χ1) is 9.20. The lowest BCUT2D eigenvalue weighted by atomic mass is 9.89. The van der Waals surface area contributed by atoms with Crippen molar-refractivity contribution < 1.29 is 4.79 Å². The third kappa shape index (κ3) is 3.71. The number of piperidine rings is 1. The second-order valence-corrected chi connectivity index (χ2v) is 7.05. The number of nitrogens with zero attached hydrogens (tertiary/aromatic N) is 1.